The molecular weight excluding hydrogens is 495 g/mol. The molecule has 0 saturated carbocycles. The van der Waals surface area contributed by atoms with Crippen molar-refractivity contribution >= 4 is 36.0 Å². The van der Waals surface area contributed by atoms with E-state index in [1.54, 1.807) is 0 Å². The van der Waals surface area contributed by atoms with E-state index in [9.17, 15) is 4.79 Å². The van der Waals surface area contributed by atoms with Crippen LogP contribution in [0.3, 0.4) is 0 Å². The molecule has 2 unspecified atom stereocenters. The number of carbonyl (C=O) groups excluding carboxylic acids is 1. The molecule has 0 bridgehead atoms. The van der Waals surface area contributed by atoms with Crippen molar-refractivity contribution < 1.29 is 9.53 Å². The van der Waals surface area contributed by atoms with Crippen LogP contribution in [0.1, 0.15) is 51.5 Å². The van der Waals surface area contributed by atoms with E-state index in [1.807, 2.05) is 50.6 Å². The van der Waals surface area contributed by atoms with Crippen LogP contribution in [0.5, 0.6) is 0 Å². The lowest BCUT2D eigenvalue weighted by molar-refractivity contribution is 0.0168. The Kier molecular flexibility index (Phi) is 8.81. The zero-order valence-corrected chi connectivity index (χ0v) is 21.3. The number of hydrogen-bond acceptors (Lipinski definition) is 4. The van der Waals surface area contributed by atoms with Crippen molar-refractivity contribution in [1.29, 1.82) is 0 Å². The van der Waals surface area contributed by atoms with Gasteiger partial charge in [-0.2, -0.15) is 5.10 Å². The summed E-state index contributed by atoms with van der Waals surface area (Å²) in [6.07, 6.45) is 7.11. The maximum Gasteiger partial charge on any atom is 0.410 e. The summed E-state index contributed by atoms with van der Waals surface area (Å²) in [5.74, 6) is 1.86. The first-order chi connectivity index (χ1) is 13.7. The average Bonchev–Trinajstić information content (AvgIpc) is 3.30. The minimum absolute atomic E-state index is 0. The monoisotopic (exact) mass is 532 g/mol. The van der Waals surface area contributed by atoms with Gasteiger partial charge in [-0.05, 0) is 51.5 Å². The lowest BCUT2D eigenvalue weighted by Gasteiger charge is -2.34. The highest BCUT2D eigenvalue weighted by molar-refractivity contribution is 14.0. The third kappa shape index (κ3) is 6.75. The molecule has 1 aromatic heterocycles. The van der Waals surface area contributed by atoms with Gasteiger partial charge in [0.25, 0.3) is 0 Å². The number of ether oxygens (including phenoxy) is 1. The fourth-order valence-corrected chi connectivity index (χ4v) is 4.17. The van der Waals surface area contributed by atoms with Gasteiger partial charge < -0.3 is 19.9 Å². The number of aryl methyl sites for hydroxylation is 1. The van der Waals surface area contributed by atoms with Gasteiger partial charge in [-0.25, -0.2) is 4.79 Å². The Hall–Kier alpha value is -1.52. The van der Waals surface area contributed by atoms with Gasteiger partial charge in [0.1, 0.15) is 5.60 Å². The molecule has 0 aromatic carbocycles. The van der Waals surface area contributed by atoms with Crippen LogP contribution < -0.4 is 5.32 Å². The zero-order valence-electron chi connectivity index (χ0n) is 18.9. The quantitative estimate of drug-likeness (QED) is 0.368. The highest BCUT2D eigenvalue weighted by Gasteiger charge is 2.29. The predicted molar refractivity (Wildman–Crippen MR) is 129 cm³/mol. The Morgan fingerprint density at radius 1 is 1.27 bits per heavy atom. The first kappa shape index (κ1) is 24.7. The van der Waals surface area contributed by atoms with Gasteiger partial charge in [-0.15, -0.1) is 24.0 Å². The molecule has 1 amide bonds. The molecule has 3 heterocycles. The van der Waals surface area contributed by atoms with Crippen LogP contribution in [-0.2, 0) is 11.8 Å². The number of likely N-dealkylation sites (tertiary alicyclic amines) is 2. The smallest absolute Gasteiger partial charge is 0.410 e. The third-order valence-electron chi connectivity index (χ3n) is 5.62. The normalized spacial score (nSPS) is 22.6. The Labute approximate surface area is 197 Å². The van der Waals surface area contributed by atoms with Crippen molar-refractivity contribution in [3.05, 3.63) is 18.0 Å². The summed E-state index contributed by atoms with van der Waals surface area (Å²) in [7, 11) is 3.80. The summed E-state index contributed by atoms with van der Waals surface area (Å²) in [5.41, 5.74) is 0.843. The number of piperidine rings is 1. The van der Waals surface area contributed by atoms with Gasteiger partial charge >= 0.3 is 6.09 Å². The number of amides is 1. The fourth-order valence-electron chi connectivity index (χ4n) is 4.17. The second-order valence-corrected chi connectivity index (χ2v) is 9.24. The lowest BCUT2D eigenvalue weighted by Crippen LogP contribution is -2.47. The second kappa shape index (κ2) is 10.7. The van der Waals surface area contributed by atoms with Gasteiger partial charge in [-0.3, -0.25) is 9.67 Å². The van der Waals surface area contributed by atoms with Gasteiger partial charge in [0, 0.05) is 58.9 Å². The van der Waals surface area contributed by atoms with Crippen LogP contribution >= 0.6 is 24.0 Å². The second-order valence-electron chi connectivity index (χ2n) is 9.24. The van der Waals surface area contributed by atoms with E-state index in [1.165, 1.54) is 5.56 Å². The Morgan fingerprint density at radius 2 is 2.03 bits per heavy atom. The molecule has 2 atom stereocenters. The third-order valence-corrected chi connectivity index (χ3v) is 5.62. The van der Waals surface area contributed by atoms with Crippen molar-refractivity contribution in [3.63, 3.8) is 0 Å². The van der Waals surface area contributed by atoms with Gasteiger partial charge in [0.2, 0.25) is 0 Å². The first-order valence-electron chi connectivity index (χ1n) is 10.7. The molecule has 2 aliphatic rings. The highest BCUT2D eigenvalue weighted by atomic mass is 127. The number of carbonyl (C=O) groups is 1. The Bertz CT molecular complexity index is 729. The molecule has 2 saturated heterocycles. The summed E-state index contributed by atoms with van der Waals surface area (Å²) in [4.78, 5) is 21.0. The SMILES string of the molecule is CN=C(NCC1CCCN(C(=O)OC(C)(C)C)C1)N1CCC(c2cnn(C)c2)C1.I. The number of halogens is 1. The number of nitrogens with zero attached hydrogens (tertiary/aromatic N) is 5. The number of aliphatic imine (C=N–C) groups is 1. The summed E-state index contributed by atoms with van der Waals surface area (Å²) in [6.45, 7) is 10.0. The van der Waals surface area contributed by atoms with E-state index in [-0.39, 0.29) is 30.1 Å². The van der Waals surface area contributed by atoms with E-state index < -0.39 is 5.60 Å². The molecule has 170 valence electrons. The molecule has 30 heavy (non-hydrogen) atoms. The van der Waals surface area contributed by atoms with Gasteiger partial charge in [0.05, 0.1) is 6.20 Å². The van der Waals surface area contributed by atoms with Crippen LogP contribution in [0, 0.1) is 5.92 Å². The van der Waals surface area contributed by atoms with Crippen LogP contribution in [0.25, 0.3) is 0 Å². The van der Waals surface area contributed by atoms with Crippen molar-refractivity contribution in [2.75, 3.05) is 39.8 Å². The molecule has 1 aromatic rings. The lowest BCUT2D eigenvalue weighted by atomic mass is 9.98. The molecule has 1 N–H and O–H groups in total. The maximum atomic E-state index is 12.4. The molecule has 0 radical (unpaired) electrons. The number of nitrogens with one attached hydrogen (secondary N) is 1. The zero-order chi connectivity index (χ0) is 21.0. The standard InChI is InChI=1S/C21H36N6O2.HI/c1-21(2,3)29-20(28)27-9-6-7-16(13-27)11-23-19(22-4)26-10-8-17(15-26)18-12-24-25(5)14-18;/h12,14,16-17H,6-11,13,15H2,1-5H3,(H,22,23);1H. The van der Waals surface area contributed by atoms with Crippen LogP contribution in [-0.4, -0.2) is 77.0 Å². The molecule has 3 rings (SSSR count). The predicted octanol–water partition coefficient (Wildman–Crippen LogP) is 3.05. The first-order valence-corrected chi connectivity index (χ1v) is 10.7. The largest absolute Gasteiger partial charge is 0.444 e. The van der Waals surface area contributed by atoms with E-state index in [0.29, 0.717) is 11.8 Å². The summed E-state index contributed by atoms with van der Waals surface area (Å²) in [5, 5.41) is 7.84. The topological polar surface area (TPSA) is 75.0 Å². The molecule has 2 aliphatic heterocycles. The van der Waals surface area contributed by atoms with Gasteiger partial charge in [-0.1, -0.05) is 0 Å². The van der Waals surface area contributed by atoms with E-state index in [2.05, 4.69) is 26.5 Å². The van der Waals surface area contributed by atoms with Crippen LogP contribution in [0.2, 0.25) is 0 Å². The minimum Gasteiger partial charge on any atom is -0.444 e. The maximum absolute atomic E-state index is 12.4. The number of guanidine groups is 1. The van der Waals surface area contributed by atoms with Crippen molar-refractivity contribution in [2.24, 2.45) is 18.0 Å². The van der Waals surface area contributed by atoms with Crippen molar-refractivity contribution in [1.82, 2.24) is 24.9 Å². The number of aromatic nitrogens is 2. The number of rotatable bonds is 3. The highest BCUT2D eigenvalue weighted by Crippen LogP contribution is 2.27. The van der Waals surface area contributed by atoms with E-state index in [4.69, 9.17) is 4.74 Å². The van der Waals surface area contributed by atoms with E-state index in [0.717, 1.165) is 57.9 Å². The van der Waals surface area contributed by atoms with Crippen LogP contribution in [0.15, 0.2) is 17.4 Å². The summed E-state index contributed by atoms with van der Waals surface area (Å²) >= 11 is 0. The minimum atomic E-state index is -0.453. The summed E-state index contributed by atoms with van der Waals surface area (Å²) < 4.78 is 7.40. The van der Waals surface area contributed by atoms with E-state index >= 15 is 0 Å². The Morgan fingerprint density at radius 3 is 2.67 bits per heavy atom. The Balaban J connectivity index is 0.00000320. The fraction of sp³-hybridized carbons (Fsp3) is 0.762. The van der Waals surface area contributed by atoms with Gasteiger partial charge in [0.15, 0.2) is 5.96 Å². The molecule has 0 aliphatic carbocycles. The molecule has 8 nitrogen and oxygen atoms in total. The molecule has 2 fully saturated rings. The van der Waals surface area contributed by atoms with Crippen molar-refractivity contribution in [3.8, 4) is 0 Å². The average molecular weight is 532 g/mol. The number of hydrogen-bond donors (Lipinski definition) is 1. The molecule has 9 heteroatoms. The summed E-state index contributed by atoms with van der Waals surface area (Å²) in [6, 6.07) is 0. The van der Waals surface area contributed by atoms with Crippen LogP contribution in [0.4, 0.5) is 4.79 Å². The molecule has 0 spiro atoms. The van der Waals surface area contributed by atoms with Crippen molar-refractivity contribution in [2.45, 2.75) is 51.6 Å². The molecular formula is C21H37IN6O2.